The average molecular weight is 332 g/mol. The van der Waals surface area contributed by atoms with Crippen molar-refractivity contribution in [3.05, 3.63) is 15.9 Å². The number of hydrogen-bond donors (Lipinski definition) is 2. The number of aromatic nitrogens is 2. The van der Waals surface area contributed by atoms with Crippen LogP contribution in [0.1, 0.15) is 37.6 Å². The fourth-order valence-corrected chi connectivity index (χ4v) is 2.90. The second-order valence-electron chi connectivity index (χ2n) is 4.71. The van der Waals surface area contributed by atoms with Gasteiger partial charge in [-0.1, -0.05) is 13.3 Å². The highest BCUT2D eigenvalue weighted by atomic mass is 79.9. The molecule has 5 nitrogen and oxygen atoms in total. The molecule has 19 heavy (non-hydrogen) atoms. The van der Waals surface area contributed by atoms with Crippen molar-refractivity contribution in [2.24, 2.45) is 18.7 Å². The van der Waals surface area contributed by atoms with Crippen molar-refractivity contribution in [2.45, 2.75) is 39.0 Å². The van der Waals surface area contributed by atoms with E-state index < -0.39 is 5.97 Å². The Bertz CT molecular complexity index is 432. The third-order valence-electron chi connectivity index (χ3n) is 3.30. The molecular formula is C13H22BrN3O2. The first-order chi connectivity index (χ1) is 9.01. The third-order valence-corrected chi connectivity index (χ3v) is 4.21. The fourth-order valence-electron chi connectivity index (χ4n) is 2.12. The second-order valence-corrected chi connectivity index (χ2v) is 5.50. The molecule has 1 atom stereocenters. The molecule has 1 rings (SSSR count). The zero-order chi connectivity index (χ0) is 14.4. The van der Waals surface area contributed by atoms with Crippen LogP contribution in [0.5, 0.6) is 0 Å². The summed E-state index contributed by atoms with van der Waals surface area (Å²) in [6, 6.07) is 0. The number of halogens is 1. The van der Waals surface area contributed by atoms with Gasteiger partial charge in [0, 0.05) is 13.5 Å². The van der Waals surface area contributed by atoms with Gasteiger partial charge in [-0.15, -0.1) is 0 Å². The SMILES string of the molecule is CCc1nn(C)c(CC(CCCCN)C(=O)O)c1Br. The molecule has 0 fully saturated rings. The minimum atomic E-state index is -0.747. The molecule has 0 aromatic carbocycles. The Kier molecular flexibility index (Phi) is 6.51. The normalized spacial score (nSPS) is 12.6. The van der Waals surface area contributed by atoms with Crippen LogP contribution in [-0.4, -0.2) is 27.4 Å². The Morgan fingerprint density at radius 2 is 2.21 bits per heavy atom. The van der Waals surface area contributed by atoms with Crippen LogP contribution in [0.2, 0.25) is 0 Å². The quantitative estimate of drug-likeness (QED) is 0.715. The molecular weight excluding hydrogens is 310 g/mol. The Balaban J connectivity index is 2.79. The van der Waals surface area contributed by atoms with E-state index >= 15 is 0 Å². The van der Waals surface area contributed by atoms with E-state index in [0.717, 1.165) is 35.1 Å². The lowest BCUT2D eigenvalue weighted by Gasteiger charge is -2.12. The number of nitrogens with zero attached hydrogens (tertiary/aromatic N) is 2. The minimum absolute atomic E-state index is 0.372. The van der Waals surface area contributed by atoms with Crippen LogP contribution in [0.4, 0.5) is 0 Å². The Labute approximate surface area is 122 Å². The molecule has 0 amide bonds. The zero-order valence-corrected chi connectivity index (χ0v) is 13.1. The van der Waals surface area contributed by atoms with Crippen LogP contribution in [0.25, 0.3) is 0 Å². The average Bonchev–Trinajstić information content (AvgIpc) is 2.64. The molecule has 0 radical (unpaired) electrons. The number of carboxylic acids is 1. The van der Waals surface area contributed by atoms with Crippen molar-refractivity contribution in [2.75, 3.05) is 6.54 Å². The molecule has 0 saturated heterocycles. The summed E-state index contributed by atoms with van der Waals surface area (Å²) in [6.07, 6.45) is 3.72. The van der Waals surface area contributed by atoms with Gasteiger partial charge in [-0.25, -0.2) is 0 Å². The maximum absolute atomic E-state index is 11.3. The van der Waals surface area contributed by atoms with Gasteiger partial charge in [0.2, 0.25) is 0 Å². The summed E-state index contributed by atoms with van der Waals surface area (Å²) < 4.78 is 2.73. The van der Waals surface area contributed by atoms with E-state index in [2.05, 4.69) is 21.0 Å². The van der Waals surface area contributed by atoms with Crippen LogP contribution in [0, 0.1) is 5.92 Å². The number of carboxylic acid groups (broad SMARTS) is 1. The predicted molar refractivity (Wildman–Crippen MR) is 78.0 cm³/mol. The first kappa shape index (κ1) is 16.2. The maximum atomic E-state index is 11.3. The van der Waals surface area contributed by atoms with Gasteiger partial charge < -0.3 is 10.8 Å². The van der Waals surface area contributed by atoms with E-state index in [9.17, 15) is 9.90 Å². The summed E-state index contributed by atoms with van der Waals surface area (Å²) in [4.78, 5) is 11.3. The van der Waals surface area contributed by atoms with Gasteiger partial charge in [-0.05, 0) is 41.7 Å². The van der Waals surface area contributed by atoms with Gasteiger partial charge in [0.05, 0.1) is 21.8 Å². The molecule has 0 aliphatic heterocycles. The van der Waals surface area contributed by atoms with E-state index in [1.165, 1.54) is 0 Å². The molecule has 1 unspecified atom stereocenters. The Hall–Kier alpha value is -0.880. The van der Waals surface area contributed by atoms with Gasteiger partial charge in [0.25, 0.3) is 0 Å². The first-order valence-corrected chi connectivity index (χ1v) is 7.43. The van der Waals surface area contributed by atoms with Crippen molar-refractivity contribution in [3.8, 4) is 0 Å². The summed E-state index contributed by atoms with van der Waals surface area (Å²) >= 11 is 3.53. The standard InChI is InChI=1S/C13H22BrN3O2/c1-3-10-12(14)11(17(2)16-10)8-9(13(18)19)6-4-5-7-15/h9H,3-8,15H2,1-2H3,(H,18,19). The van der Waals surface area contributed by atoms with E-state index in [1.54, 1.807) is 4.68 Å². The van der Waals surface area contributed by atoms with Crippen molar-refractivity contribution in [1.82, 2.24) is 9.78 Å². The van der Waals surface area contributed by atoms with Crippen LogP contribution in [0.3, 0.4) is 0 Å². The molecule has 1 aromatic rings. The van der Waals surface area contributed by atoms with E-state index in [0.29, 0.717) is 19.4 Å². The van der Waals surface area contributed by atoms with E-state index in [-0.39, 0.29) is 5.92 Å². The lowest BCUT2D eigenvalue weighted by Crippen LogP contribution is -2.18. The third kappa shape index (κ3) is 4.31. The molecule has 0 aliphatic rings. The summed E-state index contributed by atoms with van der Waals surface area (Å²) in [5.41, 5.74) is 7.38. The number of aliphatic carboxylic acids is 1. The van der Waals surface area contributed by atoms with Crippen LogP contribution < -0.4 is 5.73 Å². The largest absolute Gasteiger partial charge is 0.481 e. The van der Waals surface area contributed by atoms with Crippen molar-refractivity contribution < 1.29 is 9.90 Å². The lowest BCUT2D eigenvalue weighted by atomic mass is 9.96. The zero-order valence-electron chi connectivity index (χ0n) is 11.5. The molecule has 1 heterocycles. The number of hydrogen-bond acceptors (Lipinski definition) is 3. The molecule has 3 N–H and O–H groups in total. The molecule has 0 saturated carbocycles. The van der Waals surface area contributed by atoms with Crippen molar-refractivity contribution >= 4 is 21.9 Å². The summed E-state index contributed by atoms with van der Waals surface area (Å²) in [5.74, 6) is -1.12. The first-order valence-electron chi connectivity index (χ1n) is 6.64. The molecule has 0 aliphatic carbocycles. The topological polar surface area (TPSA) is 81.1 Å². The molecule has 0 bridgehead atoms. The van der Waals surface area contributed by atoms with Crippen LogP contribution >= 0.6 is 15.9 Å². The number of aryl methyl sites for hydroxylation is 2. The Morgan fingerprint density at radius 1 is 1.53 bits per heavy atom. The van der Waals surface area contributed by atoms with E-state index in [4.69, 9.17) is 5.73 Å². The van der Waals surface area contributed by atoms with Crippen molar-refractivity contribution in [3.63, 3.8) is 0 Å². The van der Waals surface area contributed by atoms with Gasteiger partial charge >= 0.3 is 5.97 Å². The number of rotatable bonds is 8. The molecule has 1 aromatic heterocycles. The molecule has 108 valence electrons. The van der Waals surface area contributed by atoms with Gasteiger partial charge in [0.1, 0.15) is 0 Å². The van der Waals surface area contributed by atoms with Crippen molar-refractivity contribution in [1.29, 1.82) is 0 Å². The minimum Gasteiger partial charge on any atom is -0.481 e. The summed E-state index contributed by atoms with van der Waals surface area (Å²) in [5, 5.41) is 13.7. The fraction of sp³-hybridized carbons (Fsp3) is 0.692. The van der Waals surface area contributed by atoms with E-state index in [1.807, 2.05) is 14.0 Å². The number of nitrogens with two attached hydrogens (primary N) is 1. The number of carbonyl (C=O) groups is 1. The predicted octanol–water partition coefficient (Wildman–Crippen LogP) is 2.12. The number of unbranched alkanes of at least 4 members (excludes halogenated alkanes) is 1. The highest BCUT2D eigenvalue weighted by Crippen LogP contribution is 2.25. The maximum Gasteiger partial charge on any atom is 0.306 e. The highest BCUT2D eigenvalue weighted by molar-refractivity contribution is 9.10. The monoisotopic (exact) mass is 331 g/mol. The smallest absolute Gasteiger partial charge is 0.306 e. The van der Waals surface area contributed by atoms with Gasteiger partial charge in [-0.3, -0.25) is 9.48 Å². The second kappa shape index (κ2) is 7.65. The van der Waals surface area contributed by atoms with Gasteiger partial charge in [-0.2, -0.15) is 5.10 Å². The van der Waals surface area contributed by atoms with Crippen LogP contribution in [-0.2, 0) is 24.7 Å². The lowest BCUT2D eigenvalue weighted by molar-refractivity contribution is -0.142. The Morgan fingerprint density at radius 3 is 2.68 bits per heavy atom. The molecule has 0 spiro atoms. The highest BCUT2D eigenvalue weighted by Gasteiger charge is 2.22. The molecule has 6 heteroatoms. The summed E-state index contributed by atoms with van der Waals surface area (Å²) in [6.45, 7) is 2.65. The van der Waals surface area contributed by atoms with Crippen LogP contribution in [0.15, 0.2) is 4.47 Å². The van der Waals surface area contributed by atoms with Gasteiger partial charge in [0.15, 0.2) is 0 Å². The summed E-state index contributed by atoms with van der Waals surface area (Å²) in [7, 11) is 1.86.